The van der Waals surface area contributed by atoms with Crippen molar-refractivity contribution in [1.29, 1.82) is 0 Å². The maximum absolute atomic E-state index is 5.75. The van der Waals surface area contributed by atoms with Crippen LogP contribution in [0.3, 0.4) is 0 Å². The van der Waals surface area contributed by atoms with Crippen LogP contribution in [0.2, 0.25) is 0 Å². The van der Waals surface area contributed by atoms with Crippen molar-refractivity contribution in [2.75, 3.05) is 6.54 Å². The molecule has 3 heteroatoms. The molecule has 2 nitrogen and oxygen atoms in total. The normalized spacial score (nSPS) is 12.2. The van der Waals surface area contributed by atoms with E-state index in [0.717, 1.165) is 10.9 Å². The van der Waals surface area contributed by atoms with E-state index in [4.69, 9.17) is 5.73 Å². The molecule has 0 atom stereocenters. The Kier molecular flexibility index (Phi) is 3.08. The van der Waals surface area contributed by atoms with Gasteiger partial charge in [0.15, 0.2) is 0 Å². The molecule has 0 aliphatic rings. The van der Waals surface area contributed by atoms with Gasteiger partial charge in [-0.2, -0.15) is 0 Å². The molecule has 0 bridgehead atoms. The fourth-order valence-corrected chi connectivity index (χ4v) is 2.23. The molecular formula is C13H17BrN2. The highest BCUT2D eigenvalue weighted by molar-refractivity contribution is 9.10. The Morgan fingerprint density at radius 3 is 2.75 bits per heavy atom. The van der Waals surface area contributed by atoms with Crippen LogP contribution in [0, 0.1) is 5.41 Å². The minimum Gasteiger partial charge on any atom is -0.358 e. The summed E-state index contributed by atoms with van der Waals surface area (Å²) in [6.07, 6.45) is 0.982. The van der Waals surface area contributed by atoms with E-state index in [0.29, 0.717) is 6.54 Å². The molecular weight excluding hydrogens is 264 g/mol. The van der Waals surface area contributed by atoms with Crippen LogP contribution in [0.25, 0.3) is 10.9 Å². The van der Waals surface area contributed by atoms with Crippen LogP contribution in [0.15, 0.2) is 28.7 Å². The fraction of sp³-hybridized carbons (Fsp3) is 0.385. The summed E-state index contributed by atoms with van der Waals surface area (Å²) in [5.74, 6) is 0. The maximum atomic E-state index is 5.75. The molecule has 1 heterocycles. The lowest BCUT2D eigenvalue weighted by Crippen LogP contribution is -2.25. The molecule has 0 saturated carbocycles. The Labute approximate surface area is 104 Å². The smallest absolute Gasteiger partial charge is 0.0456 e. The Bertz CT molecular complexity index is 500. The minimum atomic E-state index is 0.151. The number of nitrogens with two attached hydrogens (primary N) is 1. The van der Waals surface area contributed by atoms with E-state index < -0.39 is 0 Å². The Morgan fingerprint density at radius 2 is 2.06 bits per heavy atom. The predicted octanol–water partition coefficient (Wildman–Crippen LogP) is 3.46. The highest BCUT2D eigenvalue weighted by atomic mass is 79.9. The van der Waals surface area contributed by atoms with E-state index in [1.807, 2.05) is 0 Å². The fourth-order valence-electron chi connectivity index (χ4n) is 1.85. The van der Waals surface area contributed by atoms with Gasteiger partial charge >= 0.3 is 0 Å². The zero-order valence-corrected chi connectivity index (χ0v) is 11.3. The van der Waals surface area contributed by atoms with E-state index in [1.165, 1.54) is 16.6 Å². The quantitative estimate of drug-likeness (QED) is 0.888. The Hall–Kier alpha value is -0.800. The third-order valence-corrected chi connectivity index (χ3v) is 3.35. The molecule has 16 heavy (non-hydrogen) atoms. The molecule has 0 fully saturated rings. The first-order valence-electron chi connectivity index (χ1n) is 5.47. The van der Waals surface area contributed by atoms with Crippen molar-refractivity contribution in [2.24, 2.45) is 11.1 Å². The number of halogens is 1. The molecule has 0 aliphatic heterocycles. The molecule has 86 valence electrons. The van der Waals surface area contributed by atoms with Crippen LogP contribution in [0.4, 0.5) is 0 Å². The van der Waals surface area contributed by atoms with Crippen molar-refractivity contribution in [1.82, 2.24) is 4.98 Å². The molecule has 0 amide bonds. The molecule has 0 aliphatic carbocycles. The predicted molar refractivity (Wildman–Crippen MR) is 72.5 cm³/mol. The van der Waals surface area contributed by atoms with Crippen molar-refractivity contribution in [3.05, 3.63) is 34.4 Å². The molecule has 0 radical (unpaired) electrons. The van der Waals surface area contributed by atoms with Gasteiger partial charge in [-0.15, -0.1) is 0 Å². The maximum Gasteiger partial charge on any atom is 0.0456 e. The first-order valence-corrected chi connectivity index (χ1v) is 6.27. The van der Waals surface area contributed by atoms with Crippen LogP contribution >= 0.6 is 15.9 Å². The molecule has 0 unspecified atom stereocenters. The highest BCUT2D eigenvalue weighted by Gasteiger charge is 2.17. The summed E-state index contributed by atoms with van der Waals surface area (Å²) in [5.41, 5.74) is 8.34. The van der Waals surface area contributed by atoms with Crippen LogP contribution in [0.5, 0.6) is 0 Å². The average Bonchev–Trinajstić information content (AvgIpc) is 2.58. The molecule has 2 aromatic rings. The summed E-state index contributed by atoms with van der Waals surface area (Å²) < 4.78 is 1.11. The Morgan fingerprint density at radius 1 is 1.31 bits per heavy atom. The third-order valence-electron chi connectivity index (χ3n) is 2.86. The van der Waals surface area contributed by atoms with Crippen molar-refractivity contribution in [2.45, 2.75) is 20.3 Å². The first-order chi connectivity index (χ1) is 7.50. The summed E-state index contributed by atoms with van der Waals surface area (Å²) in [6, 6.07) is 8.48. The minimum absolute atomic E-state index is 0.151. The summed E-state index contributed by atoms with van der Waals surface area (Å²) in [4.78, 5) is 3.44. The van der Waals surface area contributed by atoms with Crippen LogP contribution in [-0.2, 0) is 6.42 Å². The number of aromatic nitrogens is 1. The van der Waals surface area contributed by atoms with Gasteiger partial charge in [0.05, 0.1) is 0 Å². The molecule has 1 aromatic heterocycles. The standard InChI is InChI=1S/C13H17BrN2/c1-13(2,8-15)7-11-6-9-5-10(14)3-4-12(9)16-11/h3-6,16H,7-8,15H2,1-2H3. The first kappa shape index (κ1) is 11.7. The lowest BCUT2D eigenvalue weighted by atomic mass is 9.88. The highest BCUT2D eigenvalue weighted by Crippen LogP contribution is 2.25. The lowest BCUT2D eigenvalue weighted by Gasteiger charge is -2.21. The van der Waals surface area contributed by atoms with Crippen molar-refractivity contribution < 1.29 is 0 Å². The van der Waals surface area contributed by atoms with E-state index >= 15 is 0 Å². The lowest BCUT2D eigenvalue weighted by molar-refractivity contribution is 0.373. The molecule has 2 rings (SSSR count). The molecule has 3 N–H and O–H groups in total. The van der Waals surface area contributed by atoms with Crippen molar-refractivity contribution >= 4 is 26.8 Å². The van der Waals surface area contributed by atoms with E-state index in [9.17, 15) is 0 Å². The summed E-state index contributed by atoms with van der Waals surface area (Å²) in [5, 5.41) is 1.25. The van der Waals surface area contributed by atoms with Gasteiger partial charge in [0.2, 0.25) is 0 Å². The van der Waals surface area contributed by atoms with E-state index in [-0.39, 0.29) is 5.41 Å². The van der Waals surface area contributed by atoms with Gasteiger partial charge in [-0.3, -0.25) is 0 Å². The van der Waals surface area contributed by atoms with Crippen LogP contribution in [0.1, 0.15) is 19.5 Å². The molecule has 1 aromatic carbocycles. The zero-order chi connectivity index (χ0) is 11.8. The second-order valence-electron chi connectivity index (χ2n) is 5.07. The van der Waals surface area contributed by atoms with Gasteiger partial charge < -0.3 is 10.7 Å². The third kappa shape index (κ3) is 2.47. The van der Waals surface area contributed by atoms with Crippen molar-refractivity contribution in [3.8, 4) is 0 Å². The van der Waals surface area contributed by atoms with Gasteiger partial charge in [0, 0.05) is 21.1 Å². The van der Waals surface area contributed by atoms with Gasteiger partial charge in [-0.25, -0.2) is 0 Å². The Balaban J connectivity index is 2.33. The van der Waals surface area contributed by atoms with Crippen LogP contribution in [-0.4, -0.2) is 11.5 Å². The number of benzene rings is 1. The SMILES string of the molecule is CC(C)(CN)Cc1cc2cc(Br)ccc2[nH]1. The summed E-state index contributed by atoms with van der Waals surface area (Å²) in [7, 11) is 0. The number of hydrogen-bond acceptors (Lipinski definition) is 1. The number of fused-ring (bicyclic) bond motifs is 1. The number of aromatic amines is 1. The van der Waals surface area contributed by atoms with E-state index in [1.54, 1.807) is 0 Å². The topological polar surface area (TPSA) is 41.8 Å². The van der Waals surface area contributed by atoms with Gasteiger partial charge in [0.25, 0.3) is 0 Å². The van der Waals surface area contributed by atoms with Gasteiger partial charge in [-0.1, -0.05) is 29.8 Å². The largest absolute Gasteiger partial charge is 0.358 e. The van der Waals surface area contributed by atoms with E-state index in [2.05, 4.69) is 59.0 Å². The monoisotopic (exact) mass is 280 g/mol. The number of nitrogens with one attached hydrogen (secondary N) is 1. The number of H-pyrrole nitrogens is 1. The second-order valence-corrected chi connectivity index (χ2v) is 5.99. The number of hydrogen-bond donors (Lipinski definition) is 2. The second kappa shape index (κ2) is 4.22. The summed E-state index contributed by atoms with van der Waals surface area (Å²) in [6.45, 7) is 5.08. The van der Waals surface area contributed by atoms with Gasteiger partial charge in [-0.05, 0) is 42.6 Å². The molecule has 0 spiro atoms. The zero-order valence-electron chi connectivity index (χ0n) is 9.68. The van der Waals surface area contributed by atoms with Crippen LogP contribution < -0.4 is 5.73 Å². The average molecular weight is 281 g/mol. The number of rotatable bonds is 3. The van der Waals surface area contributed by atoms with Gasteiger partial charge in [0.1, 0.15) is 0 Å². The van der Waals surface area contributed by atoms with Crippen molar-refractivity contribution in [3.63, 3.8) is 0 Å². The summed E-state index contributed by atoms with van der Waals surface area (Å²) >= 11 is 3.48. The molecule has 0 saturated heterocycles.